The quantitative estimate of drug-likeness (QED) is 0.243. The Bertz CT molecular complexity index is 582. The number of hydrogen-bond acceptors (Lipinski definition) is 4. The maximum Gasteiger partial charge on any atom is 2.00 e. The van der Waals surface area contributed by atoms with E-state index in [-0.39, 0.29) is 69.1 Å². The van der Waals surface area contributed by atoms with Gasteiger partial charge in [-0.25, -0.2) is 4.57 Å². The fourth-order valence-electron chi connectivity index (χ4n) is 2.04. The molecule has 1 aromatic carbocycles. The van der Waals surface area contributed by atoms with Crippen LogP contribution >= 0.6 is 0 Å². The van der Waals surface area contributed by atoms with Gasteiger partial charge in [0.05, 0.1) is 19.8 Å². The van der Waals surface area contributed by atoms with E-state index in [4.69, 9.17) is 0 Å². The van der Waals surface area contributed by atoms with Gasteiger partial charge in [-0.3, -0.25) is 0 Å². The van der Waals surface area contributed by atoms with Crippen molar-refractivity contribution in [3.05, 3.63) is 30.6 Å². The van der Waals surface area contributed by atoms with Crippen LogP contribution in [0.2, 0.25) is 0 Å². The minimum absolute atomic E-state index is 0. The second-order valence-electron chi connectivity index (χ2n) is 4.55. The maximum atomic E-state index is 4.25. The van der Waals surface area contributed by atoms with Crippen molar-refractivity contribution in [2.75, 3.05) is 18.0 Å². The van der Waals surface area contributed by atoms with Crippen LogP contribution in [0.15, 0.2) is 40.8 Å². The number of azo groups is 1. The van der Waals surface area contributed by atoms with E-state index >= 15 is 0 Å². The Hall–Kier alpha value is -0.457. The normalized spacial score (nSPS) is 8.96. The molecule has 1 heterocycles. The third kappa shape index (κ3) is 8.65. The van der Waals surface area contributed by atoms with Gasteiger partial charge in [0.15, 0.2) is 0 Å². The number of rotatable bonds is 5. The Balaban J connectivity index is -0.000000441. The topological polar surface area (TPSA) is 49.7 Å². The monoisotopic (exact) mass is 477 g/mol. The van der Waals surface area contributed by atoms with Gasteiger partial charge < -0.3 is 54.5 Å². The standard InChI is InChI=1S/C14H21N6.4ClH.Zn/c1-5-20(6-2)13-9-7-12(8-10-13)16-17-14-18(3)11-15-19(14)4;;;;;/h7-11H,5-6H2,1-4H3;4*1H;/q+1;;;;;+2/p-4. The van der Waals surface area contributed by atoms with E-state index in [1.165, 1.54) is 5.69 Å². The van der Waals surface area contributed by atoms with Crippen molar-refractivity contribution in [3.63, 3.8) is 0 Å². The van der Waals surface area contributed by atoms with Crippen LogP contribution in [0.3, 0.4) is 0 Å². The second-order valence-corrected chi connectivity index (χ2v) is 4.55. The molecule has 0 radical (unpaired) electrons. The molecule has 0 aliphatic heterocycles. The van der Waals surface area contributed by atoms with Crippen molar-refractivity contribution in [1.29, 1.82) is 0 Å². The van der Waals surface area contributed by atoms with E-state index in [0.717, 1.165) is 18.8 Å². The summed E-state index contributed by atoms with van der Waals surface area (Å²) in [7, 11) is 3.74. The summed E-state index contributed by atoms with van der Waals surface area (Å²) in [5.74, 6) is 0.706. The third-order valence-corrected chi connectivity index (χ3v) is 3.24. The minimum Gasteiger partial charge on any atom is -1.00 e. The van der Waals surface area contributed by atoms with Crippen LogP contribution < -0.4 is 59.1 Å². The first-order valence-electron chi connectivity index (χ1n) is 6.80. The largest absolute Gasteiger partial charge is 2.00 e. The number of aryl methyl sites for hydroxylation is 2. The summed E-state index contributed by atoms with van der Waals surface area (Å²) >= 11 is 0. The van der Waals surface area contributed by atoms with Crippen LogP contribution in [0.5, 0.6) is 0 Å². The fraction of sp³-hybridized carbons (Fsp3) is 0.429. The molecule has 0 aliphatic rings. The number of anilines is 1. The van der Waals surface area contributed by atoms with E-state index in [0.29, 0.717) is 5.95 Å². The Labute approximate surface area is 186 Å². The molecule has 2 rings (SSSR count). The SMILES string of the molecule is CCN(CC)c1ccc(N=Nc2n(C)nc[n+]2C)cc1.[Cl-].[Cl-].[Cl-].[Cl-].[Zn+2]. The summed E-state index contributed by atoms with van der Waals surface area (Å²) in [6.07, 6.45) is 1.71. The first-order chi connectivity index (χ1) is 9.65. The molecule has 6 nitrogen and oxygen atoms in total. The van der Waals surface area contributed by atoms with Crippen LogP contribution in [-0.4, -0.2) is 22.9 Å². The molecule has 0 atom stereocenters. The number of halogens is 4. The van der Waals surface area contributed by atoms with Crippen LogP contribution in [0.25, 0.3) is 0 Å². The second kappa shape index (κ2) is 15.8. The van der Waals surface area contributed by atoms with Crippen LogP contribution in [-0.2, 0) is 33.6 Å². The molecule has 0 saturated carbocycles. The molecular formula is C14H21Cl4N6Zn-. The molecule has 0 amide bonds. The summed E-state index contributed by atoms with van der Waals surface area (Å²) in [5.41, 5.74) is 2.04. The molecule has 2 aromatic rings. The van der Waals surface area contributed by atoms with Crippen LogP contribution in [0, 0.1) is 0 Å². The van der Waals surface area contributed by atoms with E-state index in [2.05, 4.69) is 46.2 Å². The number of aromatic nitrogens is 3. The zero-order chi connectivity index (χ0) is 14.5. The van der Waals surface area contributed by atoms with Gasteiger partial charge in [0, 0.05) is 23.9 Å². The molecule has 0 saturated heterocycles. The fourth-order valence-corrected chi connectivity index (χ4v) is 2.04. The number of hydrogen-bond donors (Lipinski definition) is 0. The first kappa shape index (κ1) is 32.2. The van der Waals surface area contributed by atoms with E-state index in [1.54, 1.807) is 11.0 Å². The average Bonchev–Trinajstić information content (AvgIpc) is 2.78. The summed E-state index contributed by atoms with van der Waals surface area (Å²) in [6, 6.07) is 8.11. The zero-order valence-corrected chi connectivity index (χ0v) is 20.7. The number of benzene rings is 1. The molecule has 0 N–H and O–H groups in total. The smallest absolute Gasteiger partial charge is 1.00 e. The van der Waals surface area contributed by atoms with Crippen molar-refractivity contribution in [1.82, 2.24) is 9.78 Å². The predicted octanol–water partition coefficient (Wildman–Crippen LogP) is -9.48. The van der Waals surface area contributed by atoms with Crippen molar-refractivity contribution < 1.29 is 73.7 Å². The van der Waals surface area contributed by atoms with Crippen molar-refractivity contribution >= 4 is 17.3 Å². The first-order valence-corrected chi connectivity index (χ1v) is 6.80. The van der Waals surface area contributed by atoms with Crippen LogP contribution in [0.4, 0.5) is 17.3 Å². The number of nitrogens with zero attached hydrogens (tertiary/aromatic N) is 6. The molecule has 25 heavy (non-hydrogen) atoms. The Morgan fingerprint density at radius 3 is 1.92 bits per heavy atom. The molecule has 1 aromatic heterocycles. The van der Waals surface area contributed by atoms with Gasteiger partial charge in [-0.15, -0.1) is 4.68 Å². The molecular weight excluding hydrogens is 459 g/mol. The molecule has 0 bridgehead atoms. The van der Waals surface area contributed by atoms with Gasteiger partial charge in [-0.2, -0.15) is 0 Å². The maximum absolute atomic E-state index is 4.25. The predicted molar refractivity (Wildman–Crippen MR) is 78.6 cm³/mol. The average molecular weight is 481 g/mol. The van der Waals surface area contributed by atoms with E-state index in [9.17, 15) is 0 Å². The van der Waals surface area contributed by atoms with Crippen LogP contribution in [0.1, 0.15) is 13.8 Å². The van der Waals surface area contributed by atoms with Gasteiger partial charge >= 0.3 is 25.4 Å². The molecule has 0 aliphatic carbocycles. The van der Waals surface area contributed by atoms with Gasteiger partial charge in [0.1, 0.15) is 0 Å². The molecule has 138 valence electrons. The Kier molecular flexibility index (Phi) is 20.3. The minimum atomic E-state index is 0. The summed E-state index contributed by atoms with van der Waals surface area (Å²) < 4.78 is 3.52. The third-order valence-electron chi connectivity index (χ3n) is 3.24. The van der Waals surface area contributed by atoms with Crippen molar-refractivity contribution in [2.45, 2.75) is 13.8 Å². The molecule has 0 fully saturated rings. The molecule has 0 unspecified atom stereocenters. The van der Waals surface area contributed by atoms with E-state index < -0.39 is 0 Å². The summed E-state index contributed by atoms with van der Waals surface area (Å²) in [6.45, 7) is 6.31. The summed E-state index contributed by atoms with van der Waals surface area (Å²) in [5, 5.41) is 12.6. The zero-order valence-electron chi connectivity index (χ0n) is 14.7. The van der Waals surface area contributed by atoms with Gasteiger partial charge in [-0.1, -0.05) is 5.11 Å². The molecule has 0 spiro atoms. The van der Waals surface area contributed by atoms with Gasteiger partial charge in [0.25, 0.3) is 0 Å². The van der Waals surface area contributed by atoms with Gasteiger partial charge in [-0.05, 0) is 43.2 Å². The molecule has 11 heteroatoms. The Morgan fingerprint density at radius 2 is 1.52 bits per heavy atom. The van der Waals surface area contributed by atoms with Gasteiger partial charge in [0.2, 0.25) is 6.33 Å². The summed E-state index contributed by atoms with van der Waals surface area (Å²) in [4.78, 5) is 2.29. The van der Waals surface area contributed by atoms with Crippen molar-refractivity contribution in [2.24, 2.45) is 24.3 Å². The van der Waals surface area contributed by atoms with Crippen molar-refractivity contribution in [3.8, 4) is 0 Å². The Morgan fingerprint density at radius 1 is 1.00 bits per heavy atom. The van der Waals surface area contributed by atoms with E-state index in [1.807, 2.05) is 30.8 Å².